The third kappa shape index (κ3) is 5.33. The molecule has 0 spiro atoms. The monoisotopic (exact) mass is 467 g/mol. The Morgan fingerprint density at radius 2 is 1.73 bits per heavy atom. The number of ether oxygens (including phenoxy) is 1. The molecule has 2 aliphatic heterocycles. The summed E-state index contributed by atoms with van der Waals surface area (Å²) in [6.07, 6.45) is 4.14. The van der Waals surface area contributed by atoms with Crippen molar-refractivity contribution in [2.75, 3.05) is 31.6 Å². The zero-order valence-electron chi connectivity index (χ0n) is 18.8. The fourth-order valence-corrected chi connectivity index (χ4v) is 5.42. The van der Waals surface area contributed by atoms with Crippen LogP contribution in [0, 0.1) is 0 Å². The molecular formula is C25H29N3O4S. The highest BCUT2D eigenvalue weighted by Crippen LogP contribution is 2.39. The smallest absolute Gasteiger partial charge is 0.250 e. The standard InChI is InChI=1S/C25H29N3O4S/c1-32-20-12-6-4-10-18(20)16-26-22(29)17-28-19-11-5-7-13-21(19)33-23(25(28)31)24(30)27-14-8-2-3-9-15-27/h4-7,10-13,23H,2-3,8-9,14-17H2,1H3,(H,26,29). The molecule has 1 N–H and O–H groups in total. The van der Waals surface area contributed by atoms with Crippen LogP contribution in [0.3, 0.4) is 0 Å². The molecule has 0 aliphatic carbocycles. The van der Waals surface area contributed by atoms with Gasteiger partial charge in [-0.25, -0.2) is 0 Å². The number of hydrogen-bond acceptors (Lipinski definition) is 5. The molecule has 2 aliphatic rings. The van der Waals surface area contributed by atoms with Crippen LogP contribution in [0.25, 0.3) is 0 Å². The van der Waals surface area contributed by atoms with Crippen LogP contribution in [0.2, 0.25) is 0 Å². The summed E-state index contributed by atoms with van der Waals surface area (Å²) in [6.45, 7) is 1.52. The van der Waals surface area contributed by atoms with E-state index in [0.29, 0.717) is 24.5 Å². The van der Waals surface area contributed by atoms with Gasteiger partial charge >= 0.3 is 0 Å². The zero-order chi connectivity index (χ0) is 23.2. The number of thioether (sulfide) groups is 1. The van der Waals surface area contributed by atoms with Crippen LogP contribution in [0.1, 0.15) is 31.2 Å². The van der Waals surface area contributed by atoms with Gasteiger partial charge in [-0.1, -0.05) is 43.2 Å². The first kappa shape index (κ1) is 23.2. The van der Waals surface area contributed by atoms with Crippen LogP contribution in [0.5, 0.6) is 5.75 Å². The summed E-state index contributed by atoms with van der Waals surface area (Å²) in [5, 5.41) is 2.01. The lowest BCUT2D eigenvalue weighted by atomic mass is 10.2. The van der Waals surface area contributed by atoms with E-state index in [0.717, 1.165) is 36.1 Å². The molecule has 1 atom stereocenters. The van der Waals surface area contributed by atoms with Crippen molar-refractivity contribution in [1.29, 1.82) is 0 Å². The van der Waals surface area contributed by atoms with Crippen LogP contribution in [-0.4, -0.2) is 54.6 Å². The summed E-state index contributed by atoms with van der Waals surface area (Å²) in [6, 6.07) is 14.9. The van der Waals surface area contributed by atoms with E-state index in [1.54, 1.807) is 7.11 Å². The van der Waals surface area contributed by atoms with E-state index in [-0.39, 0.29) is 30.8 Å². The molecule has 2 aromatic carbocycles. The predicted molar refractivity (Wildman–Crippen MR) is 128 cm³/mol. The Bertz CT molecular complexity index is 1020. The van der Waals surface area contributed by atoms with Crippen molar-refractivity contribution in [1.82, 2.24) is 10.2 Å². The molecule has 3 amide bonds. The summed E-state index contributed by atoms with van der Waals surface area (Å²) in [5.41, 5.74) is 1.52. The fourth-order valence-electron chi connectivity index (χ4n) is 4.24. The minimum absolute atomic E-state index is 0.144. The number of amides is 3. The Hall–Kier alpha value is -3.00. The quantitative estimate of drug-likeness (QED) is 0.660. The largest absolute Gasteiger partial charge is 0.496 e. The maximum absolute atomic E-state index is 13.4. The highest BCUT2D eigenvalue weighted by molar-refractivity contribution is 8.01. The molecule has 1 fully saturated rings. The van der Waals surface area contributed by atoms with E-state index in [4.69, 9.17) is 4.74 Å². The fraction of sp³-hybridized carbons (Fsp3) is 0.400. The van der Waals surface area contributed by atoms with Crippen molar-refractivity contribution in [2.45, 2.75) is 42.4 Å². The Balaban J connectivity index is 1.49. The van der Waals surface area contributed by atoms with Gasteiger partial charge in [-0.15, -0.1) is 11.8 Å². The van der Waals surface area contributed by atoms with Gasteiger partial charge in [0.1, 0.15) is 12.3 Å². The first-order valence-corrected chi connectivity index (χ1v) is 12.2. The van der Waals surface area contributed by atoms with Crippen molar-refractivity contribution >= 4 is 35.2 Å². The lowest BCUT2D eigenvalue weighted by Crippen LogP contribution is -2.52. The van der Waals surface area contributed by atoms with Gasteiger partial charge in [-0.2, -0.15) is 0 Å². The molecule has 0 bridgehead atoms. The Labute approximate surface area is 198 Å². The van der Waals surface area contributed by atoms with Crippen LogP contribution < -0.4 is 15.0 Å². The molecule has 7 nitrogen and oxygen atoms in total. The number of fused-ring (bicyclic) bond motifs is 1. The van der Waals surface area contributed by atoms with E-state index < -0.39 is 5.25 Å². The molecule has 4 rings (SSSR count). The van der Waals surface area contributed by atoms with Crippen LogP contribution in [0.4, 0.5) is 5.69 Å². The molecule has 0 aromatic heterocycles. The van der Waals surface area contributed by atoms with Gasteiger partial charge in [0.05, 0.1) is 12.8 Å². The minimum Gasteiger partial charge on any atom is -0.496 e. The number of benzene rings is 2. The Morgan fingerprint density at radius 1 is 1.03 bits per heavy atom. The SMILES string of the molecule is COc1ccccc1CNC(=O)CN1C(=O)C(C(=O)N2CCCCCC2)Sc2ccccc21. The predicted octanol–water partition coefficient (Wildman–Crippen LogP) is 3.22. The Morgan fingerprint density at radius 3 is 2.48 bits per heavy atom. The first-order valence-electron chi connectivity index (χ1n) is 11.3. The topological polar surface area (TPSA) is 79.0 Å². The zero-order valence-corrected chi connectivity index (χ0v) is 19.6. The number of carbonyl (C=O) groups excluding carboxylic acids is 3. The van der Waals surface area contributed by atoms with Gasteiger partial charge in [-0.3, -0.25) is 14.4 Å². The molecule has 1 unspecified atom stereocenters. The van der Waals surface area contributed by atoms with Crippen molar-refractivity contribution < 1.29 is 19.1 Å². The molecule has 0 radical (unpaired) electrons. The van der Waals surface area contributed by atoms with Gasteiger partial charge in [0.25, 0.3) is 5.91 Å². The molecule has 0 saturated carbocycles. The second kappa shape index (κ2) is 10.7. The molecule has 2 aromatic rings. The molecule has 8 heteroatoms. The second-order valence-corrected chi connectivity index (χ2v) is 9.37. The highest BCUT2D eigenvalue weighted by atomic mass is 32.2. The van der Waals surface area contributed by atoms with Crippen molar-refractivity contribution in [3.05, 3.63) is 54.1 Å². The summed E-state index contributed by atoms with van der Waals surface area (Å²) < 4.78 is 5.34. The average Bonchev–Trinajstić information content (AvgIpc) is 3.14. The number of nitrogens with zero attached hydrogens (tertiary/aromatic N) is 2. The minimum atomic E-state index is -0.861. The van der Waals surface area contributed by atoms with Gasteiger partial charge in [0.15, 0.2) is 5.25 Å². The number of methoxy groups -OCH3 is 1. The number of nitrogens with one attached hydrogen (secondary N) is 1. The lowest BCUT2D eigenvalue weighted by molar-refractivity contribution is -0.135. The van der Waals surface area contributed by atoms with Crippen molar-refractivity contribution in [2.24, 2.45) is 0 Å². The number of para-hydroxylation sites is 2. The molecule has 33 heavy (non-hydrogen) atoms. The first-order chi connectivity index (χ1) is 16.1. The third-order valence-electron chi connectivity index (χ3n) is 6.00. The molecule has 2 heterocycles. The molecular weight excluding hydrogens is 438 g/mol. The van der Waals surface area contributed by atoms with Gasteiger partial charge < -0.3 is 19.9 Å². The summed E-state index contributed by atoms with van der Waals surface area (Å²) in [5.74, 6) is -0.0881. The normalized spacial score (nSPS) is 18.3. The van der Waals surface area contributed by atoms with Gasteiger partial charge in [-0.05, 0) is 31.0 Å². The van der Waals surface area contributed by atoms with E-state index in [9.17, 15) is 14.4 Å². The number of anilines is 1. The number of carbonyl (C=O) groups is 3. The average molecular weight is 468 g/mol. The van der Waals surface area contributed by atoms with Gasteiger partial charge in [0.2, 0.25) is 11.8 Å². The van der Waals surface area contributed by atoms with Crippen molar-refractivity contribution in [3.8, 4) is 5.75 Å². The second-order valence-electron chi connectivity index (χ2n) is 8.22. The molecule has 1 saturated heterocycles. The van der Waals surface area contributed by atoms with Crippen LogP contribution in [-0.2, 0) is 20.9 Å². The maximum atomic E-state index is 13.4. The summed E-state index contributed by atoms with van der Waals surface area (Å²) >= 11 is 1.29. The third-order valence-corrected chi connectivity index (χ3v) is 7.24. The van der Waals surface area contributed by atoms with E-state index in [1.807, 2.05) is 53.4 Å². The summed E-state index contributed by atoms with van der Waals surface area (Å²) in [4.78, 5) is 43.6. The van der Waals surface area contributed by atoms with Gasteiger partial charge in [0, 0.05) is 30.1 Å². The number of likely N-dealkylation sites (tertiary alicyclic amines) is 1. The molecule has 174 valence electrons. The highest BCUT2D eigenvalue weighted by Gasteiger charge is 2.40. The van der Waals surface area contributed by atoms with E-state index in [1.165, 1.54) is 16.7 Å². The number of rotatable bonds is 6. The number of hydrogen-bond donors (Lipinski definition) is 1. The maximum Gasteiger partial charge on any atom is 0.250 e. The summed E-state index contributed by atoms with van der Waals surface area (Å²) in [7, 11) is 1.59. The lowest BCUT2D eigenvalue weighted by Gasteiger charge is -2.34. The van der Waals surface area contributed by atoms with Crippen LogP contribution in [0.15, 0.2) is 53.4 Å². The van der Waals surface area contributed by atoms with E-state index in [2.05, 4.69) is 5.32 Å². The Kier molecular flexibility index (Phi) is 7.54. The van der Waals surface area contributed by atoms with Crippen molar-refractivity contribution in [3.63, 3.8) is 0 Å². The van der Waals surface area contributed by atoms with Crippen LogP contribution >= 0.6 is 11.8 Å². The van der Waals surface area contributed by atoms with E-state index >= 15 is 0 Å².